The molecule has 0 amide bonds. The van der Waals surface area contributed by atoms with E-state index in [-0.39, 0.29) is 10.8 Å². The Kier molecular flexibility index (Phi) is 4.07. The Labute approximate surface area is 104 Å². The Balaban J connectivity index is 1.88. The highest BCUT2D eigenvalue weighted by Gasteiger charge is 2.00. The molecule has 0 radical (unpaired) electrons. The third kappa shape index (κ3) is 3.51. The summed E-state index contributed by atoms with van der Waals surface area (Å²) in [6.45, 7) is 1.34. The molecule has 2 aromatic rings. The largest absolute Gasteiger partial charge is 0.309 e. The molecular weight excluding hydrogens is 239 g/mol. The molecule has 0 saturated heterocycles. The van der Waals surface area contributed by atoms with E-state index in [1.54, 1.807) is 18.5 Å². The van der Waals surface area contributed by atoms with E-state index in [9.17, 15) is 4.39 Å². The van der Waals surface area contributed by atoms with E-state index in [2.05, 4.69) is 10.3 Å². The van der Waals surface area contributed by atoms with Gasteiger partial charge in [0, 0.05) is 25.5 Å². The molecule has 1 N–H and O–H groups in total. The van der Waals surface area contributed by atoms with Gasteiger partial charge in [0.05, 0.1) is 5.02 Å². The minimum absolute atomic E-state index is 0.155. The van der Waals surface area contributed by atoms with Gasteiger partial charge in [0.1, 0.15) is 5.82 Å². The Morgan fingerprint density at radius 1 is 1.06 bits per heavy atom. The second kappa shape index (κ2) is 5.75. The minimum Gasteiger partial charge on any atom is -0.309 e. The molecule has 0 unspecified atom stereocenters. The van der Waals surface area contributed by atoms with Gasteiger partial charge >= 0.3 is 0 Å². The van der Waals surface area contributed by atoms with Gasteiger partial charge in [-0.1, -0.05) is 17.7 Å². The zero-order valence-corrected chi connectivity index (χ0v) is 9.91. The van der Waals surface area contributed by atoms with Gasteiger partial charge in [-0.3, -0.25) is 4.98 Å². The predicted octanol–water partition coefficient (Wildman–Crippen LogP) is 3.16. The second-order valence-corrected chi connectivity index (χ2v) is 4.11. The fourth-order valence-electron chi connectivity index (χ4n) is 1.50. The number of aromatic nitrogens is 1. The Hall–Kier alpha value is -1.45. The van der Waals surface area contributed by atoms with Crippen LogP contribution in [0, 0.1) is 5.82 Å². The van der Waals surface area contributed by atoms with E-state index < -0.39 is 0 Å². The molecule has 2 nitrogen and oxygen atoms in total. The molecular formula is C13H12ClFN2. The summed E-state index contributed by atoms with van der Waals surface area (Å²) in [6, 6.07) is 8.71. The molecule has 0 fully saturated rings. The molecule has 0 spiro atoms. The quantitative estimate of drug-likeness (QED) is 0.902. The lowest BCUT2D eigenvalue weighted by atomic mass is 10.2. The fraction of sp³-hybridized carbons (Fsp3) is 0.154. The SMILES string of the molecule is Fc1cc(CNCc2ccncc2)ccc1Cl. The number of hydrogen-bond acceptors (Lipinski definition) is 2. The molecule has 0 saturated carbocycles. The van der Waals surface area contributed by atoms with Gasteiger partial charge < -0.3 is 5.32 Å². The number of pyridine rings is 1. The average Bonchev–Trinajstić information content (AvgIpc) is 2.35. The number of rotatable bonds is 4. The van der Waals surface area contributed by atoms with E-state index in [4.69, 9.17) is 11.6 Å². The van der Waals surface area contributed by atoms with Crippen molar-refractivity contribution in [1.29, 1.82) is 0 Å². The molecule has 88 valence electrons. The number of nitrogens with one attached hydrogen (secondary N) is 1. The van der Waals surface area contributed by atoms with E-state index in [0.29, 0.717) is 6.54 Å². The van der Waals surface area contributed by atoms with Crippen molar-refractivity contribution >= 4 is 11.6 Å². The summed E-state index contributed by atoms with van der Waals surface area (Å²) in [7, 11) is 0. The van der Waals surface area contributed by atoms with Crippen LogP contribution < -0.4 is 5.32 Å². The van der Waals surface area contributed by atoms with Crippen LogP contribution in [0.4, 0.5) is 4.39 Å². The van der Waals surface area contributed by atoms with Crippen LogP contribution in [0.3, 0.4) is 0 Å². The van der Waals surface area contributed by atoms with E-state index in [1.165, 1.54) is 6.07 Å². The predicted molar refractivity (Wildman–Crippen MR) is 66.2 cm³/mol. The molecule has 1 aromatic heterocycles. The van der Waals surface area contributed by atoms with Crippen molar-refractivity contribution in [3.8, 4) is 0 Å². The molecule has 0 atom stereocenters. The van der Waals surface area contributed by atoms with Gasteiger partial charge in [-0.05, 0) is 35.4 Å². The summed E-state index contributed by atoms with van der Waals surface area (Å²) in [6.07, 6.45) is 3.50. The molecule has 0 aliphatic heterocycles. The Morgan fingerprint density at radius 3 is 2.47 bits per heavy atom. The highest BCUT2D eigenvalue weighted by atomic mass is 35.5. The van der Waals surface area contributed by atoms with Crippen LogP contribution in [0.2, 0.25) is 5.02 Å². The van der Waals surface area contributed by atoms with Crippen LogP contribution in [0.1, 0.15) is 11.1 Å². The van der Waals surface area contributed by atoms with Crippen LogP contribution in [0.25, 0.3) is 0 Å². The number of hydrogen-bond donors (Lipinski definition) is 1. The molecule has 4 heteroatoms. The zero-order chi connectivity index (χ0) is 12.1. The highest BCUT2D eigenvalue weighted by Crippen LogP contribution is 2.15. The van der Waals surface area contributed by atoms with Crippen LogP contribution >= 0.6 is 11.6 Å². The highest BCUT2D eigenvalue weighted by molar-refractivity contribution is 6.30. The first kappa shape index (κ1) is 12.0. The summed E-state index contributed by atoms with van der Waals surface area (Å²) in [5.74, 6) is -0.380. The van der Waals surface area contributed by atoms with Gasteiger partial charge in [-0.25, -0.2) is 4.39 Å². The third-order valence-corrected chi connectivity index (χ3v) is 2.70. The molecule has 17 heavy (non-hydrogen) atoms. The van der Waals surface area contributed by atoms with Crippen LogP contribution in [-0.4, -0.2) is 4.98 Å². The second-order valence-electron chi connectivity index (χ2n) is 3.71. The van der Waals surface area contributed by atoms with Crippen molar-refractivity contribution in [2.75, 3.05) is 0 Å². The molecule has 0 bridgehead atoms. The van der Waals surface area contributed by atoms with E-state index >= 15 is 0 Å². The Bertz CT molecular complexity index is 488. The normalized spacial score (nSPS) is 10.5. The van der Waals surface area contributed by atoms with Gasteiger partial charge in [-0.2, -0.15) is 0 Å². The smallest absolute Gasteiger partial charge is 0.142 e. The maximum Gasteiger partial charge on any atom is 0.142 e. The molecule has 2 rings (SSSR count). The van der Waals surface area contributed by atoms with Crippen molar-refractivity contribution in [3.63, 3.8) is 0 Å². The maximum atomic E-state index is 13.2. The van der Waals surface area contributed by atoms with Crippen LogP contribution in [-0.2, 0) is 13.1 Å². The number of benzene rings is 1. The summed E-state index contributed by atoms with van der Waals surface area (Å²) in [4.78, 5) is 3.94. The molecule has 1 aromatic carbocycles. The van der Waals surface area contributed by atoms with Crippen molar-refractivity contribution in [2.45, 2.75) is 13.1 Å². The van der Waals surface area contributed by atoms with Crippen LogP contribution in [0.5, 0.6) is 0 Å². The number of nitrogens with zero attached hydrogens (tertiary/aromatic N) is 1. The monoisotopic (exact) mass is 250 g/mol. The average molecular weight is 251 g/mol. The summed E-state index contributed by atoms with van der Waals surface area (Å²) in [5.41, 5.74) is 2.02. The van der Waals surface area contributed by atoms with Gasteiger partial charge in [0.25, 0.3) is 0 Å². The molecule has 0 aliphatic rings. The van der Waals surface area contributed by atoms with Gasteiger partial charge in [-0.15, -0.1) is 0 Å². The summed E-state index contributed by atoms with van der Waals surface area (Å²) >= 11 is 5.61. The van der Waals surface area contributed by atoms with Gasteiger partial charge in [0.15, 0.2) is 0 Å². The minimum atomic E-state index is -0.380. The lowest BCUT2D eigenvalue weighted by Gasteiger charge is -2.05. The lowest BCUT2D eigenvalue weighted by molar-refractivity contribution is 0.620. The Morgan fingerprint density at radius 2 is 1.76 bits per heavy atom. The standard InChI is InChI=1S/C13H12ClFN2/c14-12-2-1-11(7-13(12)15)9-17-8-10-3-5-16-6-4-10/h1-7,17H,8-9H2. The van der Waals surface area contributed by atoms with Gasteiger partial charge in [0.2, 0.25) is 0 Å². The molecule has 0 aliphatic carbocycles. The summed E-state index contributed by atoms with van der Waals surface area (Å²) < 4.78 is 13.2. The zero-order valence-electron chi connectivity index (χ0n) is 9.16. The number of halogens is 2. The maximum absolute atomic E-state index is 13.2. The van der Waals surface area contributed by atoms with E-state index in [0.717, 1.165) is 17.7 Å². The molecule has 1 heterocycles. The van der Waals surface area contributed by atoms with E-state index in [1.807, 2.05) is 18.2 Å². The topological polar surface area (TPSA) is 24.9 Å². The van der Waals surface area contributed by atoms with Crippen molar-refractivity contribution in [3.05, 3.63) is 64.7 Å². The van der Waals surface area contributed by atoms with Crippen molar-refractivity contribution in [1.82, 2.24) is 10.3 Å². The fourth-order valence-corrected chi connectivity index (χ4v) is 1.62. The third-order valence-electron chi connectivity index (χ3n) is 2.39. The van der Waals surface area contributed by atoms with Crippen LogP contribution in [0.15, 0.2) is 42.7 Å². The van der Waals surface area contributed by atoms with Crippen molar-refractivity contribution in [2.24, 2.45) is 0 Å². The van der Waals surface area contributed by atoms with Crippen molar-refractivity contribution < 1.29 is 4.39 Å². The lowest BCUT2D eigenvalue weighted by Crippen LogP contribution is -2.12. The summed E-state index contributed by atoms with van der Waals surface area (Å²) in [5, 5.41) is 3.38. The first-order chi connectivity index (χ1) is 8.25. The first-order valence-electron chi connectivity index (χ1n) is 5.29. The first-order valence-corrected chi connectivity index (χ1v) is 5.67.